The molecule has 1 aromatic rings. The largest absolute Gasteiger partial charge is 0.481 e. The third-order valence-corrected chi connectivity index (χ3v) is 3.22. The van der Waals surface area contributed by atoms with Crippen molar-refractivity contribution >= 4 is 11.6 Å². The van der Waals surface area contributed by atoms with Gasteiger partial charge in [-0.05, 0) is 32.4 Å². The van der Waals surface area contributed by atoms with E-state index in [1.165, 1.54) is 12.8 Å². The summed E-state index contributed by atoms with van der Waals surface area (Å²) in [6.07, 6.45) is 3.39. The van der Waals surface area contributed by atoms with Gasteiger partial charge in [-0.15, -0.1) is 0 Å². The fourth-order valence-electron chi connectivity index (χ4n) is 1.79. The van der Waals surface area contributed by atoms with E-state index >= 15 is 0 Å². The predicted molar refractivity (Wildman–Crippen MR) is 60.5 cm³/mol. The highest BCUT2D eigenvalue weighted by Crippen LogP contribution is 2.39. The van der Waals surface area contributed by atoms with Crippen LogP contribution in [0.1, 0.15) is 18.4 Å². The summed E-state index contributed by atoms with van der Waals surface area (Å²) in [5, 5.41) is 3.83. The third-order valence-electron chi connectivity index (χ3n) is 3.01. The lowest BCUT2D eigenvalue weighted by molar-refractivity contribution is 0.388. The molecule has 0 atom stereocenters. The van der Waals surface area contributed by atoms with Gasteiger partial charge < -0.3 is 10.1 Å². The van der Waals surface area contributed by atoms with Gasteiger partial charge in [0, 0.05) is 11.1 Å². The highest BCUT2D eigenvalue weighted by atomic mass is 35.5. The molecule has 0 amide bonds. The summed E-state index contributed by atoms with van der Waals surface area (Å²) in [6, 6.07) is 3.80. The maximum Gasteiger partial charge on any atom is 0.217 e. The van der Waals surface area contributed by atoms with E-state index in [1.807, 2.05) is 19.2 Å². The number of rotatable bonds is 4. The lowest BCUT2D eigenvalue weighted by Gasteiger charge is -2.15. The second-order valence-corrected chi connectivity index (χ2v) is 4.40. The van der Waals surface area contributed by atoms with Crippen LogP contribution < -0.4 is 10.1 Å². The van der Waals surface area contributed by atoms with Crippen LogP contribution in [0.4, 0.5) is 0 Å². The van der Waals surface area contributed by atoms with Crippen molar-refractivity contribution < 1.29 is 4.74 Å². The van der Waals surface area contributed by atoms with Crippen molar-refractivity contribution in [2.24, 2.45) is 0 Å². The van der Waals surface area contributed by atoms with E-state index in [1.54, 1.807) is 7.11 Å². The molecule has 0 aromatic carbocycles. The molecule has 0 bridgehead atoms. The van der Waals surface area contributed by atoms with Crippen LogP contribution in [0.3, 0.4) is 0 Å². The lowest BCUT2D eigenvalue weighted by atomic mass is 10.1. The molecule has 2 rings (SSSR count). The van der Waals surface area contributed by atoms with Crippen LogP contribution in [0.25, 0.3) is 0 Å². The molecular weight excluding hydrogens is 212 g/mol. The predicted octanol–water partition coefficient (Wildman–Crippen LogP) is 2.04. The Bertz CT molecular complexity index is 364. The molecule has 82 valence electrons. The Hall–Kier alpha value is -0.800. The molecule has 15 heavy (non-hydrogen) atoms. The highest BCUT2D eigenvalue weighted by molar-refractivity contribution is 6.29. The molecule has 1 aromatic heterocycles. The van der Waals surface area contributed by atoms with Crippen LogP contribution in [-0.2, 0) is 6.42 Å². The van der Waals surface area contributed by atoms with E-state index in [4.69, 9.17) is 16.3 Å². The van der Waals surface area contributed by atoms with Gasteiger partial charge in [-0.2, -0.15) is 0 Å². The second-order valence-electron chi connectivity index (χ2n) is 4.01. The van der Waals surface area contributed by atoms with Gasteiger partial charge in [0.25, 0.3) is 0 Å². The van der Waals surface area contributed by atoms with Crippen molar-refractivity contribution in [2.75, 3.05) is 14.2 Å². The first kappa shape index (κ1) is 10.7. The van der Waals surface area contributed by atoms with Crippen LogP contribution in [-0.4, -0.2) is 24.7 Å². The first-order chi connectivity index (χ1) is 7.19. The van der Waals surface area contributed by atoms with Crippen LogP contribution in [0.2, 0.25) is 5.15 Å². The monoisotopic (exact) mass is 226 g/mol. The Morgan fingerprint density at radius 3 is 2.80 bits per heavy atom. The Kier molecular flexibility index (Phi) is 2.85. The minimum Gasteiger partial charge on any atom is -0.481 e. The molecular formula is C11H15ClN2O. The van der Waals surface area contributed by atoms with Crippen LogP contribution in [0, 0.1) is 0 Å². The number of ether oxygens (including phenoxy) is 1. The summed E-state index contributed by atoms with van der Waals surface area (Å²) in [5.74, 6) is 0.643. The van der Waals surface area contributed by atoms with Crippen molar-refractivity contribution in [3.05, 3.63) is 22.8 Å². The standard InChI is InChI=1S/C11H15ClN2O/c1-13-11(5-6-11)7-8-3-4-9(12)14-10(8)15-2/h3-4,13H,5-7H2,1-2H3. The SMILES string of the molecule is CNC1(Cc2ccc(Cl)nc2OC)CC1. The summed E-state index contributed by atoms with van der Waals surface area (Å²) >= 11 is 5.81. The molecule has 1 saturated carbocycles. The molecule has 1 heterocycles. The van der Waals surface area contributed by atoms with Gasteiger partial charge in [-0.25, -0.2) is 4.98 Å². The van der Waals surface area contributed by atoms with Crippen LogP contribution in [0.5, 0.6) is 5.88 Å². The first-order valence-electron chi connectivity index (χ1n) is 5.07. The molecule has 3 nitrogen and oxygen atoms in total. The quantitative estimate of drug-likeness (QED) is 0.798. The number of nitrogens with zero attached hydrogens (tertiary/aromatic N) is 1. The minimum atomic E-state index is 0.267. The summed E-state index contributed by atoms with van der Waals surface area (Å²) in [6.45, 7) is 0. The molecule has 0 radical (unpaired) electrons. The van der Waals surface area contributed by atoms with Gasteiger partial charge in [0.1, 0.15) is 5.15 Å². The Morgan fingerprint density at radius 1 is 1.53 bits per heavy atom. The number of nitrogens with one attached hydrogen (secondary N) is 1. The maximum atomic E-state index is 5.81. The summed E-state index contributed by atoms with van der Waals surface area (Å²) in [5.41, 5.74) is 1.39. The number of pyridine rings is 1. The molecule has 1 N–H and O–H groups in total. The molecule has 1 fully saturated rings. The van der Waals surface area contributed by atoms with Gasteiger partial charge in [0.05, 0.1) is 7.11 Å². The number of halogens is 1. The minimum absolute atomic E-state index is 0.267. The molecule has 0 unspecified atom stereocenters. The number of aromatic nitrogens is 1. The van der Waals surface area contributed by atoms with E-state index in [-0.39, 0.29) is 5.54 Å². The van der Waals surface area contributed by atoms with E-state index in [2.05, 4.69) is 10.3 Å². The van der Waals surface area contributed by atoms with E-state index in [0.29, 0.717) is 11.0 Å². The molecule has 1 aliphatic rings. The molecule has 0 aliphatic heterocycles. The highest BCUT2D eigenvalue weighted by Gasteiger charge is 2.41. The zero-order valence-corrected chi connectivity index (χ0v) is 9.77. The molecule has 4 heteroatoms. The number of methoxy groups -OCH3 is 1. The molecule has 0 saturated heterocycles. The number of likely N-dealkylation sites (N-methyl/N-ethyl adjacent to an activating group) is 1. The maximum absolute atomic E-state index is 5.81. The summed E-state index contributed by atoms with van der Waals surface area (Å²) < 4.78 is 5.22. The van der Waals surface area contributed by atoms with Crippen molar-refractivity contribution in [1.29, 1.82) is 0 Å². The van der Waals surface area contributed by atoms with Crippen LogP contribution in [0.15, 0.2) is 12.1 Å². The normalized spacial score (nSPS) is 17.5. The third kappa shape index (κ3) is 2.24. The van der Waals surface area contributed by atoms with Crippen molar-refractivity contribution in [3.63, 3.8) is 0 Å². The summed E-state index contributed by atoms with van der Waals surface area (Å²) in [4.78, 5) is 4.15. The van der Waals surface area contributed by atoms with Gasteiger partial charge in [0.2, 0.25) is 5.88 Å². The van der Waals surface area contributed by atoms with Gasteiger partial charge in [-0.3, -0.25) is 0 Å². The number of hydrogen-bond acceptors (Lipinski definition) is 3. The zero-order chi connectivity index (χ0) is 10.9. The van der Waals surface area contributed by atoms with Gasteiger partial charge >= 0.3 is 0 Å². The number of hydrogen-bond donors (Lipinski definition) is 1. The van der Waals surface area contributed by atoms with E-state index in [9.17, 15) is 0 Å². The Labute approximate surface area is 94.8 Å². The van der Waals surface area contributed by atoms with Crippen LogP contribution >= 0.6 is 11.6 Å². The van der Waals surface area contributed by atoms with Crippen molar-refractivity contribution in [1.82, 2.24) is 10.3 Å². The van der Waals surface area contributed by atoms with Crippen molar-refractivity contribution in [2.45, 2.75) is 24.8 Å². The lowest BCUT2D eigenvalue weighted by Crippen LogP contribution is -2.29. The zero-order valence-electron chi connectivity index (χ0n) is 9.01. The Morgan fingerprint density at radius 2 is 2.27 bits per heavy atom. The molecule has 0 spiro atoms. The Balaban J connectivity index is 2.20. The van der Waals surface area contributed by atoms with E-state index in [0.717, 1.165) is 12.0 Å². The summed E-state index contributed by atoms with van der Waals surface area (Å²) in [7, 11) is 3.63. The molecule has 1 aliphatic carbocycles. The van der Waals surface area contributed by atoms with Gasteiger partial charge in [0.15, 0.2) is 0 Å². The van der Waals surface area contributed by atoms with E-state index < -0.39 is 0 Å². The second kappa shape index (κ2) is 3.99. The average molecular weight is 227 g/mol. The average Bonchev–Trinajstić information content (AvgIpc) is 3.01. The van der Waals surface area contributed by atoms with Crippen molar-refractivity contribution in [3.8, 4) is 5.88 Å². The fourth-order valence-corrected chi connectivity index (χ4v) is 1.93. The smallest absolute Gasteiger partial charge is 0.217 e. The first-order valence-corrected chi connectivity index (χ1v) is 5.45. The fraction of sp³-hybridized carbons (Fsp3) is 0.545. The van der Waals surface area contributed by atoms with Gasteiger partial charge in [-0.1, -0.05) is 17.7 Å². The topological polar surface area (TPSA) is 34.2 Å².